The van der Waals surface area contributed by atoms with Crippen molar-refractivity contribution in [2.75, 3.05) is 18.4 Å². The fraction of sp³-hybridized carbons (Fsp3) is 0.286. The van der Waals surface area contributed by atoms with E-state index in [1.165, 1.54) is 0 Å². The average Bonchev–Trinajstić information content (AvgIpc) is 2.50. The van der Waals surface area contributed by atoms with Crippen molar-refractivity contribution >= 4 is 12.0 Å². The van der Waals surface area contributed by atoms with Gasteiger partial charge in [0, 0.05) is 43.4 Å². The SMILES string of the molecule is O=C(OCc1cccnc1)N1CC(Nc2ncccn2)C1. The number of hydrogen-bond donors (Lipinski definition) is 1. The third-order valence-corrected chi connectivity index (χ3v) is 3.12. The Bertz CT molecular complexity index is 587. The molecule has 0 spiro atoms. The van der Waals surface area contributed by atoms with Crippen molar-refractivity contribution in [3.8, 4) is 0 Å². The van der Waals surface area contributed by atoms with Gasteiger partial charge >= 0.3 is 6.09 Å². The van der Waals surface area contributed by atoms with Crippen LogP contribution in [-0.4, -0.2) is 45.1 Å². The van der Waals surface area contributed by atoms with Crippen LogP contribution in [0, 0.1) is 0 Å². The maximum Gasteiger partial charge on any atom is 0.410 e. The van der Waals surface area contributed by atoms with Crippen LogP contribution in [0.4, 0.5) is 10.7 Å². The first-order chi connectivity index (χ1) is 10.3. The van der Waals surface area contributed by atoms with Gasteiger partial charge in [0.05, 0.1) is 6.04 Å². The summed E-state index contributed by atoms with van der Waals surface area (Å²) in [5, 5.41) is 3.16. The minimum atomic E-state index is -0.314. The van der Waals surface area contributed by atoms with E-state index < -0.39 is 0 Å². The van der Waals surface area contributed by atoms with E-state index in [-0.39, 0.29) is 18.7 Å². The number of aromatic nitrogens is 3. The number of hydrogen-bond acceptors (Lipinski definition) is 6. The zero-order chi connectivity index (χ0) is 14.5. The van der Waals surface area contributed by atoms with Gasteiger partial charge in [-0.1, -0.05) is 6.07 Å². The molecule has 7 nitrogen and oxygen atoms in total. The van der Waals surface area contributed by atoms with Crippen LogP contribution in [0.3, 0.4) is 0 Å². The summed E-state index contributed by atoms with van der Waals surface area (Å²) in [6.07, 6.45) is 6.40. The van der Waals surface area contributed by atoms with Gasteiger partial charge in [-0.05, 0) is 12.1 Å². The molecule has 1 saturated heterocycles. The van der Waals surface area contributed by atoms with Crippen molar-refractivity contribution in [1.29, 1.82) is 0 Å². The normalized spacial score (nSPS) is 14.4. The van der Waals surface area contributed by atoms with Gasteiger partial charge in [-0.25, -0.2) is 14.8 Å². The Morgan fingerprint density at radius 3 is 2.81 bits per heavy atom. The predicted octanol–water partition coefficient (Wildman–Crippen LogP) is 1.30. The molecule has 3 heterocycles. The van der Waals surface area contributed by atoms with Crippen molar-refractivity contribution in [3.63, 3.8) is 0 Å². The van der Waals surface area contributed by atoms with Crippen molar-refractivity contribution in [3.05, 3.63) is 48.5 Å². The van der Waals surface area contributed by atoms with Crippen LogP contribution in [-0.2, 0) is 11.3 Å². The Balaban J connectivity index is 1.40. The van der Waals surface area contributed by atoms with Gasteiger partial charge in [-0.3, -0.25) is 4.98 Å². The number of ether oxygens (including phenoxy) is 1. The average molecular weight is 285 g/mol. The lowest BCUT2D eigenvalue weighted by Crippen LogP contribution is -2.57. The van der Waals surface area contributed by atoms with Gasteiger partial charge in [0.2, 0.25) is 5.95 Å². The Kier molecular flexibility index (Phi) is 3.90. The van der Waals surface area contributed by atoms with Crippen LogP contribution >= 0.6 is 0 Å². The highest BCUT2D eigenvalue weighted by Crippen LogP contribution is 2.14. The van der Waals surface area contributed by atoms with Crippen LogP contribution in [0.25, 0.3) is 0 Å². The number of pyridine rings is 1. The molecule has 1 fully saturated rings. The number of nitrogens with zero attached hydrogens (tertiary/aromatic N) is 4. The van der Waals surface area contributed by atoms with Crippen molar-refractivity contribution in [2.45, 2.75) is 12.6 Å². The second-order valence-electron chi connectivity index (χ2n) is 4.73. The summed E-state index contributed by atoms with van der Waals surface area (Å²) in [6, 6.07) is 5.60. The molecule has 0 atom stereocenters. The van der Waals surface area contributed by atoms with E-state index in [4.69, 9.17) is 4.74 Å². The van der Waals surface area contributed by atoms with E-state index >= 15 is 0 Å². The van der Waals surface area contributed by atoms with Crippen LogP contribution in [0.15, 0.2) is 43.0 Å². The molecule has 0 aliphatic carbocycles. The lowest BCUT2D eigenvalue weighted by Gasteiger charge is -2.38. The Hall–Kier alpha value is -2.70. The Morgan fingerprint density at radius 1 is 1.29 bits per heavy atom. The first kappa shape index (κ1) is 13.3. The summed E-state index contributed by atoms with van der Waals surface area (Å²) < 4.78 is 5.22. The second-order valence-corrected chi connectivity index (χ2v) is 4.73. The maximum atomic E-state index is 11.8. The first-order valence-electron chi connectivity index (χ1n) is 6.65. The number of anilines is 1. The van der Waals surface area contributed by atoms with Crippen molar-refractivity contribution in [1.82, 2.24) is 19.9 Å². The summed E-state index contributed by atoms with van der Waals surface area (Å²) in [4.78, 5) is 25.6. The molecule has 3 rings (SSSR count). The third kappa shape index (κ3) is 3.44. The molecule has 2 aromatic rings. The van der Waals surface area contributed by atoms with Gasteiger partial charge in [0.25, 0.3) is 0 Å². The summed E-state index contributed by atoms with van der Waals surface area (Å²) in [5.41, 5.74) is 0.874. The minimum absolute atomic E-state index is 0.165. The van der Waals surface area contributed by atoms with E-state index in [1.807, 2.05) is 12.1 Å². The molecule has 108 valence electrons. The van der Waals surface area contributed by atoms with E-state index in [9.17, 15) is 4.79 Å². The molecule has 0 radical (unpaired) electrons. The molecular weight excluding hydrogens is 270 g/mol. The second kappa shape index (κ2) is 6.17. The molecule has 0 aromatic carbocycles. The molecular formula is C14H15N5O2. The first-order valence-corrected chi connectivity index (χ1v) is 6.65. The summed E-state index contributed by atoms with van der Waals surface area (Å²) in [6.45, 7) is 1.41. The highest BCUT2D eigenvalue weighted by atomic mass is 16.6. The molecule has 1 N–H and O–H groups in total. The van der Waals surface area contributed by atoms with Gasteiger partial charge < -0.3 is 15.0 Å². The van der Waals surface area contributed by atoms with E-state index in [0.29, 0.717) is 19.0 Å². The zero-order valence-electron chi connectivity index (χ0n) is 11.3. The van der Waals surface area contributed by atoms with E-state index in [0.717, 1.165) is 5.56 Å². The van der Waals surface area contributed by atoms with E-state index in [1.54, 1.807) is 35.8 Å². The summed E-state index contributed by atoms with van der Waals surface area (Å²) in [5.74, 6) is 0.575. The zero-order valence-corrected chi connectivity index (χ0v) is 11.3. The number of amides is 1. The Labute approximate surface area is 122 Å². The number of carbonyl (C=O) groups is 1. The Morgan fingerprint density at radius 2 is 2.10 bits per heavy atom. The van der Waals surface area contributed by atoms with Crippen LogP contribution < -0.4 is 5.32 Å². The fourth-order valence-corrected chi connectivity index (χ4v) is 2.00. The highest BCUT2D eigenvalue weighted by Gasteiger charge is 2.32. The van der Waals surface area contributed by atoms with Gasteiger partial charge in [0.1, 0.15) is 6.61 Å². The summed E-state index contributed by atoms with van der Waals surface area (Å²) in [7, 11) is 0. The molecule has 0 saturated carbocycles. The highest BCUT2D eigenvalue weighted by molar-refractivity contribution is 5.69. The molecule has 21 heavy (non-hydrogen) atoms. The molecule has 2 aromatic heterocycles. The van der Waals surface area contributed by atoms with Gasteiger partial charge in [-0.15, -0.1) is 0 Å². The molecule has 1 aliphatic heterocycles. The fourth-order valence-electron chi connectivity index (χ4n) is 2.00. The molecule has 0 bridgehead atoms. The predicted molar refractivity (Wildman–Crippen MR) is 75.4 cm³/mol. The van der Waals surface area contributed by atoms with Gasteiger partial charge in [-0.2, -0.15) is 0 Å². The van der Waals surface area contributed by atoms with Crippen LogP contribution in [0.1, 0.15) is 5.56 Å². The quantitative estimate of drug-likeness (QED) is 0.912. The number of likely N-dealkylation sites (tertiary alicyclic amines) is 1. The lowest BCUT2D eigenvalue weighted by atomic mass is 10.1. The number of rotatable bonds is 4. The number of carbonyl (C=O) groups excluding carboxylic acids is 1. The molecule has 7 heteroatoms. The van der Waals surface area contributed by atoms with Crippen molar-refractivity contribution in [2.24, 2.45) is 0 Å². The van der Waals surface area contributed by atoms with Crippen LogP contribution in [0.5, 0.6) is 0 Å². The third-order valence-electron chi connectivity index (χ3n) is 3.12. The molecule has 1 amide bonds. The van der Waals surface area contributed by atoms with Crippen LogP contribution in [0.2, 0.25) is 0 Å². The smallest absolute Gasteiger partial charge is 0.410 e. The molecule has 1 aliphatic rings. The minimum Gasteiger partial charge on any atom is -0.444 e. The monoisotopic (exact) mass is 285 g/mol. The van der Waals surface area contributed by atoms with Gasteiger partial charge in [0.15, 0.2) is 0 Å². The summed E-state index contributed by atoms with van der Waals surface area (Å²) >= 11 is 0. The van der Waals surface area contributed by atoms with Crippen molar-refractivity contribution < 1.29 is 9.53 Å². The lowest BCUT2D eigenvalue weighted by molar-refractivity contribution is 0.0703. The maximum absolute atomic E-state index is 11.8. The number of nitrogens with one attached hydrogen (secondary N) is 1. The van der Waals surface area contributed by atoms with E-state index in [2.05, 4.69) is 20.3 Å². The largest absolute Gasteiger partial charge is 0.444 e. The standard InChI is InChI=1S/C14H15N5O2/c20-14(21-10-11-3-1-4-15-7-11)19-8-12(9-19)18-13-16-5-2-6-17-13/h1-7,12H,8-10H2,(H,16,17,18). The molecule has 0 unspecified atom stereocenters. The topological polar surface area (TPSA) is 80.2 Å².